The predicted octanol–water partition coefficient (Wildman–Crippen LogP) is 6.26. The molecule has 1 aliphatic rings. The standard InChI is InChI=1S/C27H25ClN4/c28-24-6-7-27-25(15-24)26(19-32(27)13-12-31-10-8-20(16-29)9-11-31)23-14-22(17-30-18-23)21-4-2-1-3-5-21/h1-7,14-15,17-20H,8-13H2. The molecule has 5 rings (SSSR count). The minimum absolute atomic E-state index is 0.219. The molecule has 0 amide bonds. The first kappa shape index (κ1) is 20.8. The maximum Gasteiger partial charge on any atom is 0.0656 e. The molecule has 1 fully saturated rings. The van der Waals surface area contributed by atoms with Crippen LogP contribution in [0, 0.1) is 17.2 Å². The average Bonchev–Trinajstić information content (AvgIpc) is 3.21. The van der Waals surface area contributed by atoms with Crippen molar-refractivity contribution in [3.8, 4) is 28.3 Å². The summed E-state index contributed by atoms with van der Waals surface area (Å²) in [6.07, 6.45) is 8.02. The number of pyridine rings is 1. The van der Waals surface area contributed by atoms with Gasteiger partial charge in [0, 0.05) is 70.2 Å². The van der Waals surface area contributed by atoms with Gasteiger partial charge in [-0.25, -0.2) is 0 Å². The summed E-state index contributed by atoms with van der Waals surface area (Å²) in [6, 6.07) is 21.1. The number of aromatic nitrogens is 2. The molecule has 4 aromatic rings. The zero-order chi connectivity index (χ0) is 21.9. The van der Waals surface area contributed by atoms with Gasteiger partial charge in [0.1, 0.15) is 0 Å². The summed E-state index contributed by atoms with van der Waals surface area (Å²) in [5, 5.41) is 11.0. The van der Waals surface area contributed by atoms with Crippen molar-refractivity contribution >= 4 is 22.5 Å². The maximum absolute atomic E-state index is 9.14. The fourth-order valence-electron chi connectivity index (χ4n) is 4.59. The number of nitriles is 1. The van der Waals surface area contributed by atoms with Gasteiger partial charge < -0.3 is 9.47 Å². The van der Waals surface area contributed by atoms with Crippen molar-refractivity contribution in [3.05, 3.63) is 78.2 Å². The Kier molecular flexibility index (Phi) is 5.94. The Labute approximate surface area is 193 Å². The second-order valence-corrected chi connectivity index (χ2v) is 8.91. The molecule has 32 heavy (non-hydrogen) atoms. The van der Waals surface area contributed by atoms with Crippen LogP contribution in [-0.2, 0) is 6.54 Å². The minimum atomic E-state index is 0.219. The van der Waals surface area contributed by atoms with Gasteiger partial charge in [0.15, 0.2) is 0 Å². The summed E-state index contributed by atoms with van der Waals surface area (Å²) in [4.78, 5) is 7.00. The number of fused-ring (bicyclic) bond motifs is 1. The van der Waals surface area contributed by atoms with E-state index in [-0.39, 0.29) is 5.92 Å². The van der Waals surface area contributed by atoms with Gasteiger partial charge in [-0.1, -0.05) is 41.9 Å². The quantitative estimate of drug-likeness (QED) is 0.368. The van der Waals surface area contributed by atoms with Crippen LogP contribution >= 0.6 is 11.6 Å². The summed E-state index contributed by atoms with van der Waals surface area (Å²) in [5.41, 5.74) is 5.68. The van der Waals surface area contributed by atoms with Crippen molar-refractivity contribution in [2.45, 2.75) is 19.4 Å². The molecule has 0 radical (unpaired) electrons. The average molecular weight is 441 g/mol. The van der Waals surface area contributed by atoms with Gasteiger partial charge in [-0.2, -0.15) is 5.26 Å². The molecule has 160 valence electrons. The summed E-state index contributed by atoms with van der Waals surface area (Å²) in [6.45, 7) is 3.88. The second-order valence-electron chi connectivity index (χ2n) is 8.47. The van der Waals surface area contributed by atoms with Crippen LogP contribution in [0.3, 0.4) is 0 Å². The highest BCUT2D eigenvalue weighted by atomic mass is 35.5. The summed E-state index contributed by atoms with van der Waals surface area (Å²) in [7, 11) is 0. The van der Waals surface area contributed by atoms with Crippen molar-refractivity contribution < 1.29 is 0 Å². The van der Waals surface area contributed by atoms with Gasteiger partial charge in [0.2, 0.25) is 0 Å². The molecule has 5 heteroatoms. The third-order valence-corrected chi connectivity index (χ3v) is 6.66. The highest BCUT2D eigenvalue weighted by molar-refractivity contribution is 6.31. The smallest absolute Gasteiger partial charge is 0.0656 e. The first-order chi connectivity index (χ1) is 15.7. The fraction of sp³-hybridized carbons (Fsp3) is 0.259. The van der Waals surface area contributed by atoms with E-state index in [4.69, 9.17) is 16.9 Å². The molecule has 0 unspecified atom stereocenters. The number of benzene rings is 2. The molecule has 0 aliphatic carbocycles. The Morgan fingerprint density at radius 2 is 1.72 bits per heavy atom. The van der Waals surface area contributed by atoms with Crippen molar-refractivity contribution in [3.63, 3.8) is 0 Å². The molecule has 3 heterocycles. The summed E-state index contributed by atoms with van der Waals surface area (Å²) >= 11 is 6.38. The minimum Gasteiger partial charge on any atom is -0.346 e. The molecule has 0 N–H and O–H groups in total. The topological polar surface area (TPSA) is 44.9 Å². The van der Waals surface area contributed by atoms with Gasteiger partial charge in [0.05, 0.1) is 6.07 Å². The van der Waals surface area contributed by atoms with Gasteiger partial charge in [-0.05, 0) is 55.8 Å². The third kappa shape index (κ3) is 4.27. The number of piperidine rings is 1. The lowest BCUT2D eigenvalue weighted by atomic mass is 9.99. The Hall–Kier alpha value is -3.13. The van der Waals surface area contributed by atoms with Gasteiger partial charge in [-0.3, -0.25) is 4.98 Å². The molecule has 0 spiro atoms. The van der Waals surface area contributed by atoms with Crippen LogP contribution < -0.4 is 0 Å². The molecular weight excluding hydrogens is 416 g/mol. The van der Waals surface area contributed by atoms with E-state index in [1.165, 1.54) is 5.52 Å². The van der Waals surface area contributed by atoms with Gasteiger partial charge in [-0.15, -0.1) is 0 Å². The van der Waals surface area contributed by atoms with E-state index in [1.807, 2.05) is 36.7 Å². The number of hydrogen-bond donors (Lipinski definition) is 0. The Morgan fingerprint density at radius 3 is 2.50 bits per heavy atom. The van der Waals surface area contributed by atoms with Crippen LogP contribution in [0.25, 0.3) is 33.2 Å². The van der Waals surface area contributed by atoms with Gasteiger partial charge in [0.25, 0.3) is 0 Å². The molecule has 0 bridgehead atoms. The maximum atomic E-state index is 9.14. The lowest BCUT2D eigenvalue weighted by molar-refractivity contribution is 0.200. The number of nitrogens with zero attached hydrogens (tertiary/aromatic N) is 4. The normalized spacial score (nSPS) is 15.1. The highest BCUT2D eigenvalue weighted by Gasteiger charge is 2.19. The monoisotopic (exact) mass is 440 g/mol. The SMILES string of the molecule is N#CC1CCN(CCn2cc(-c3cncc(-c4ccccc4)c3)c3cc(Cl)ccc32)CC1. The highest BCUT2D eigenvalue weighted by Crippen LogP contribution is 2.34. The third-order valence-electron chi connectivity index (χ3n) is 6.43. The van der Waals surface area contributed by atoms with E-state index >= 15 is 0 Å². The van der Waals surface area contributed by atoms with E-state index in [2.05, 4.69) is 57.0 Å². The summed E-state index contributed by atoms with van der Waals surface area (Å²) in [5.74, 6) is 0.219. The zero-order valence-electron chi connectivity index (χ0n) is 17.9. The van der Waals surface area contributed by atoms with Crippen LogP contribution in [0.15, 0.2) is 73.2 Å². The van der Waals surface area contributed by atoms with Crippen molar-refractivity contribution in [2.75, 3.05) is 19.6 Å². The van der Waals surface area contributed by atoms with Gasteiger partial charge >= 0.3 is 0 Å². The van der Waals surface area contributed by atoms with Crippen LogP contribution in [0.2, 0.25) is 5.02 Å². The largest absolute Gasteiger partial charge is 0.346 e. The van der Waals surface area contributed by atoms with E-state index in [0.29, 0.717) is 0 Å². The first-order valence-electron chi connectivity index (χ1n) is 11.1. The molecule has 1 saturated heterocycles. The van der Waals surface area contributed by atoms with E-state index in [0.717, 1.165) is 71.7 Å². The Balaban J connectivity index is 1.46. The first-order valence-corrected chi connectivity index (χ1v) is 11.5. The lowest BCUT2D eigenvalue weighted by Crippen LogP contribution is -2.35. The Bertz CT molecular complexity index is 1260. The molecule has 2 aromatic carbocycles. The van der Waals surface area contributed by atoms with Crippen LogP contribution in [0.1, 0.15) is 12.8 Å². The molecule has 0 atom stereocenters. The predicted molar refractivity (Wildman–Crippen MR) is 130 cm³/mol. The zero-order valence-corrected chi connectivity index (χ0v) is 18.7. The number of likely N-dealkylation sites (tertiary alicyclic amines) is 1. The van der Waals surface area contributed by atoms with E-state index in [1.54, 1.807) is 0 Å². The second kappa shape index (κ2) is 9.16. The lowest BCUT2D eigenvalue weighted by Gasteiger charge is -2.29. The number of rotatable bonds is 5. The molecule has 0 saturated carbocycles. The summed E-state index contributed by atoms with van der Waals surface area (Å²) < 4.78 is 2.33. The molecule has 4 nitrogen and oxygen atoms in total. The number of halogens is 1. The van der Waals surface area contributed by atoms with Crippen molar-refractivity contribution in [2.24, 2.45) is 5.92 Å². The molecule has 1 aliphatic heterocycles. The number of hydrogen-bond acceptors (Lipinski definition) is 3. The molecular formula is C27H25ClN4. The van der Waals surface area contributed by atoms with Crippen molar-refractivity contribution in [1.29, 1.82) is 5.26 Å². The van der Waals surface area contributed by atoms with Crippen LogP contribution in [0.5, 0.6) is 0 Å². The van der Waals surface area contributed by atoms with Crippen molar-refractivity contribution in [1.82, 2.24) is 14.5 Å². The Morgan fingerprint density at radius 1 is 0.938 bits per heavy atom. The van der Waals surface area contributed by atoms with Crippen LogP contribution in [-0.4, -0.2) is 34.1 Å². The van der Waals surface area contributed by atoms with Crippen LogP contribution in [0.4, 0.5) is 0 Å². The van der Waals surface area contributed by atoms with E-state index < -0.39 is 0 Å². The molecule has 2 aromatic heterocycles. The fourth-order valence-corrected chi connectivity index (χ4v) is 4.77. The van der Waals surface area contributed by atoms with E-state index in [9.17, 15) is 0 Å².